The molecule has 0 atom stereocenters. The van der Waals surface area contributed by atoms with Gasteiger partial charge in [0.1, 0.15) is 11.5 Å². The number of methoxy groups -OCH3 is 1. The number of ether oxygens (including phenoxy) is 1. The summed E-state index contributed by atoms with van der Waals surface area (Å²) in [5.41, 5.74) is 0.298. The SMILES string of the molecule is CO.COC(=O)c1ccc(Cl)c(O)c1.O=C(O)c1ccc(Cl)c(O)c1. The van der Waals surface area contributed by atoms with E-state index in [-0.39, 0.29) is 32.7 Å². The van der Waals surface area contributed by atoms with E-state index in [9.17, 15) is 9.59 Å². The van der Waals surface area contributed by atoms with Crippen LogP contribution in [0.5, 0.6) is 11.5 Å². The van der Waals surface area contributed by atoms with Crippen LogP contribution in [0.4, 0.5) is 0 Å². The molecule has 2 aromatic carbocycles. The van der Waals surface area contributed by atoms with Crippen molar-refractivity contribution in [1.82, 2.24) is 0 Å². The number of aliphatic hydroxyl groups is 1. The third-order valence-electron chi connectivity index (χ3n) is 2.56. The standard InChI is InChI=1S/C8H7ClO3.C7H5ClO3.CH4O/c1-12-8(11)5-2-3-6(9)7(10)4-5;8-5-2-1-4(7(10)11)3-6(5)9;1-2/h2-4,10H,1H3;1-3,9H,(H,10,11);2H,1H3. The van der Waals surface area contributed by atoms with Crippen LogP contribution in [-0.4, -0.2) is 46.6 Å². The maximum atomic E-state index is 10.9. The number of carboxylic acid groups (broad SMARTS) is 1. The number of phenols is 2. The second-order valence-corrected chi connectivity index (χ2v) is 4.94. The molecule has 0 aliphatic heterocycles. The second kappa shape index (κ2) is 11.1. The maximum Gasteiger partial charge on any atom is 0.337 e. The van der Waals surface area contributed by atoms with Crippen LogP contribution in [0.1, 0.15) is 20.7 Å². The van der Waals surface area contributed by atoms with Crippen LogP contribution < -0.4 is 0 Å². The molecule has 0 amide bonds. The molecule has 0 unspecified atom stereocenters. The number of aromatic carboxylic acids is 1. The largest absolute Gasteiger partial charge is 0.506 e. The van der Waals surface area contributed by atoms with Crippen molar-refractivity contribution < 1.29 is 34.8 Å². The fourth-order valence-corrected chi connectivity index (χ4v) is 1.64. The van der Waals surface area contributed by atoms with Crippen molar-refractivity contribution in [2.45, 2.75) is 0 Å². The number of hydrogen-bond donors (Lipinski definition) is 4. The minimum atomic E-state index is -1.09. The van der Waals surface area contributed by atoms with Crippen LogP contribution in [0.3, 0.4) is 0 Å². The highest BCUT2D eigenvalue weighted by molar-refractivity contribution is 6.32. The van der Waals surface area contributed by atoms with Crippen molar-refractivity contribution >= 4 is 35.1 Å². The topological polar surface area (TPSA) is 124 Å². The molecule has 25 heavy (non-hydrogen) atoms. The van der Waals surface area contributed by atoms with Gasteiger partial charge in [0.05, 0.1) is 28.3 Å². The Bertz CT molecular complexity index is 732. The Morgan fingerprint density at radius 3 is 1.64 bits per heavy atom. The van der Waals surface area contributed by atoms with Gasteiger partial charge in [0.2, 0.25) is 0 Å². The summed E-state index contributed by atoms with van der Waals surface area (Å²) in [5, 5.41) is 33.9. The lowest BCUT2D eigenvalue weighted by molar-refractivity contribution is 0.0599. The Hall–Kier alpha value is -2.48. The molecular weight excluding hydrogens is 375 g/mol. The molecule has 2 rings (SSSR count). The van der Waals surface area contributed by atoms with Gasteiger partial charge in [-0.15, -0.1) is 0 Å². The molecule has 4 N–H and O–H groups in total. The molecule has 0 saturated carbocycles. The van der Waals surface area contributed by atoms with Gasteiger partial charge in [0, 0.05) is 7.11 Å². The van der Waals surface area contributed by atoms with E-state index in [0.29, 0.717) is 0 Å². The van der Waals surface area contributed by atoms with Gasteiger partial charge in [-0.3, -0.25) is 0 Å². The summed E-state index contributed by atoms with van der Waals surface area (Å²) in [6.07, 6.45) is 0. The lowest BCUT2D eigenvalue weighted by atomic mass is 10.2. The van der Waals surface area contributed by atoms with Crippen molar-refractivity contribution in [3.8, 4) is 11.5 Å². The van der Waals surface area contributed by atoms with Gasteiger partial charge in [0.25, 0.3) is 0 Å². The van der Waals surface area contributed by atoms with Crippen molar-refractivity contribution in [3.05, 3.63) is 57.6 Å². The van der Waals surface area contributed by atoms with E-state index in [0.717, 1.165) is 13.2 Å². The fourth-order valence-electron chi connectivity index (χ4n) is 1.40. The average molecular weight is 391 g/mol. The highest BCUT2D eigenvalue weighted by atomic mass is 35.5. The minimum Gasteiger partial charge on any atom is -0.506 e. The first-order valence-corrected chi connectivity index (χ1v) is 7.25. The summed E-state index contributed by atoms with van der Waals surface area (Å²) in [6.45, 7) is 0. The molecule has 0 radical (unpaired) electrons. The van der Waals surface area contributed by atoms with Gasteiger partial charge in [-0.05, 0) is 36.4 Å². The number of benzene rings is 2. The van der Waals surface area contributed by atoms with Crippen LogP contribution in [-0.2, 0) is 4.74 Å². The van der Waals surface area contributed by atoms with Crippen LogP contribution >= 0.6 is 23.2 Å². The van der Waals surface area contributed by atoms with E-state index in [1.165, 1.54) is 37.4 Å². The first kappa shape index (κ1) is 22.5. The van der Waals surface area contributed by atoms with Crippen molar-refractivity contribution in [2.24, 2.45) is 0 Å². The summed E-state index contributed by atoms with van der Waals surface area (Å²) in [6, 6.07) is 7.93. The van der Waals surface area contributed by atoms with Crippen molar-refractivity contribution in [3.63, 3.8) is 0 Å². The third-order valence-corrected chi connectivity index (χ3v) is 3.20. The predicted molar refractivity (Wildman–Crippen MR) is 92.7 cm³/mol. The highest BCUT2D eigenvalue weighted by Gasteiger charge is 2.07. The molecule has 0 heterocycles. The van der Waals surface area contributed by atoms with Crippen LogP contribution in [0.2, 0.25) is 10.0 Å². The molecule has 0 spiro atoms. The Labute approximate surface area is 153 Å². The summed E-state index contributed by atoms with van der Waals surface area (Å²) in [5.74, 6) is -1.93. The number of halogens is 2. The Morgan fingerprint density at radius 1 is 0.880 bits per heavy atom. The molecule has 2 aromatic rings. The number of carbonyl (C=O) groups excluding carboxylic acids is 1. The normalized spacial score (nSPS) is 9.00. The quantitative estimate of drug-likeness (QED) is 0.580. The average Bonchev–Trinajstić information content (AvgIpc) is 2.61. The lowest BCUT2D eigenvalue weighted by Crippen LogP contribution is -2.00. The van der Waals surface area contributed by atoms with E-state index >= 15 is 0 Å². The van der Waals surface area contributed by atoms with Gasteiger partial charge >= 0.3 is 11.9 Å². The summed E-state index contributed by atoms with van der Waals surface area (Å²) >= 11 is 11.0. The predicted octanol–water partition coefficient (Wildman–Crippen LogP) is 3.18. The Morgan fingerprint density at radius 2 is 1.28 bits per heavy atom. The Kier molecular flexibility index (Phi) is 10.0. The molecule has 136 valence electrons. The lowest BCUT2D eigenvalue weighted by Gasteiger charge is -2.00. The highest BCUT2D eigenvalue weighted by Crippen LogP contribution is 2.24. The van der Waals surface area contributed by atoms with E-state index < -0.39 is 11.9 Å². The van der Waals surface area contributed by atoms with Crippen molar-refractivity contribution in [1.29, 1.82) is 0 Å². The first-order chi connectivity index (χ1) is 11.8. The smallest absolute Gasteiger partial charge is 0.337 e. The van der Waals surface area contributed by atoms with E-state index in [1.807, 2.05) is 0 Å². The molecule has 9 heteroatoms. The zero-order valence-electron chi connectivity index (χ0n) is 13.2. The number of phenolic OH excluding ortho intramolecular Hbond substituents is 2. The van der Waals surface area contributed by atoms with Crippen LogP contribution in [0.15, 0.2) is 36.4 Å². The summed E-state index contributed by atoms with van der Waals surface area (Å²) in [4.78, 5) is 21.2. The zero-order chi connectivity index (χ0) is 19.6. The maximum absolute atomic E-state index is 10.9. The van der Waals surface area contributed by atoms with Gasteiger partial charge in [0.15, 0.2) is 0 Å². The fraction of sp³-hybridized carbons (Fsp3) is 0.125. The van der Waals surface area contributed by atoms with Crippen LogP contribution in [0, 0.1) is 0 Å². The number of hydrogen-bond acceptors (Lipinski definition) is 6. The van der Waals surface area contributed by atoms with E-state index in [1.54, 1.807) is 0 Å². The zero-order valence-corrected chi connectivity index (χ0v) is 14.7. The van der Waals surface area contributed by atoms with Crippen LogP contribution in [0.25, 0.3) is 0 Å². The molecular formula is C16H16Cl2O7. The number of carboxylic acids is 1. The van der Waals surface area contributed by atoms with E-state index in [2.05, 4.69) is 4.74 Å². The molecule has 0 aromatic heterocycles. The van der Waals surface area contributed by atoms with Gasteiger partial charge in [-0.1, -0.05) is 23.2 Å². The number of aromatic hydroxyl groups is 2. The molecule has 0 fully saturated rings. The van der Waals surface area contributed by atoms with Gasteiger partial charge < -0.3 is 25.2 Å². The molecule has 7 nitrogen and oxygen atoms in total. The molecule has 0 aliphatic carbocycles. The molecule has 0 saturated heterocycles. The first-order valence-electron chi connectivity index (χ1n) is 6.49. The van der Waals surface area contributed by atoms with Gasteiger partial charge in [-0.25, -0.2) is 9.59 Å². The minimum absolute atomic E-state index is 0.0203. The number of esters is 1. The summed E-state index contributed by atoms with van der Waals surface area (Å²) < 4.78 is 4.44. The monoisotopic (exact) mass is 390 g/mol. The van der Waals surface area contributed by atoms with Crippen molar-refractivity contribution in [2.75, 3.05) is 14.2 Å². The molecule has 0 aliphatic rings. The number of carbonyl (C=O) groups is 2. The van der Waals surface area contributed by atoms with E-state index in [4.69, 9.17) is 43.6 Å². The Balaban J connectivity index is 0.000000421. The third kappa shape index (κ3) is 7.30. The second-order valence-electron chi connectivity index (χ2n) is 4.13. The number of rotatable bonds is 2. The summed E-state index contributed by atoms with van der Waals surface area (Å²) in [7, 11) is 2.27. The van der Waals surface area contributed by atoms with Gasteiger partial charge in [-0.2, -0.15) is 0 Å². The molecule has 0 bridgehead atoms. The number of aliphatic hydroxyl groups excluding tert-OH is 1.